The molecule has 0 bridgehead atoms. The van der Waals surface area contributed by atoms with Gasteiger partial charge in [0, 0.05) is 18.1 Å². The molecule has 142 valence electrons. The van der Waals surface area contributed by atoms with Crippen LogP contribution in [0.15, 0.2) is 43.0 Å². The molecule has 1 fully saturated rings. The summed E-state index contributed by atoms with van der Waals surface area (Å²) >= 11 is 0. The number of hydrogen-bond acceptors (Lipinski definition) is 7. The molecule has 0 radical (unpaired) electrons. The zero-order valence-electron chi connectivity index (χ0n) is 13.0. The number of benzene rings is 1. The lowest BCUT2D eigenvalue weighted by Gasteiger charge is -2.27. The normalized spacial score (nSPS) is 23.2. The van der Waals surface area contributed by atoms with E-state index in [4.69, 9.17) is 4.74 Å². The molecule has 1 heterocycles. The van der Waals surface area contributed by atoms with E-state index >= 15 is 0 Å². The number of nitrogens with zero attached hydrogens (tertiary/aromatic N) is 1. The number of non-ortho nitro benzene ring substituents is 1. The number of halogens is 2. The lowest BCUT2D eigenvalue weighted by Crippen LogP contribution is -2.52. The molecule has 2 unspecified atom stereocenters. The highest BCUT2D eigenvalue weighted by molar-refractivity contribution is 8.06. The second-order valence-electron chi connectivity index (χ2n) is 5.40. The molecule has 0 saturated carbocycles. The van der Waals surface area contributed by atoms with Gasteiger partial charge in [0.05, 0.1) is 11.5 Å². The van der Waals surface area contributed by atoms with Crippen molar-refractivity contribution in [3.05, 3.63) is 58.7 Å². The zero-order valence-corrected chi connectivity index (χ0v) is 14.6. The molecular formula is C14H13F2NO7S2. The molecule has 0 amide bonds. The fourth-order valence-corrected chi connectivity index (χ4v) is 5.59. The Morgan fingerprint density at radius 1 is 1.19 bits per heavy atom. The van der Waals surface area contributed by atoms with Crippen LogP contribution in [-0.4, -0.2) is 38.5 Å². The van der Waals surface area contributed by atoms with Crippen molar-refractivity contribution in [2.75, 3.05) is 6.61 Å². The van der Waals surface area contributed by atoms with Gasteiger partial charge >= 0.3 is 20.4 Å². The lowest BCUT2D eigenvalue weighted by molar-refractivity contribution is -0.384. The molecule has 26 heavy (non-hydrogen) atoms. The van der Waals surface area contributed by atoms with Gasteiger partial charge in [0.2, 0.25) is 0 Å². The van der Waals surface area contributed by atoms with E-state index in [9.17, 15) is 34.7 Å². The molecule has 0 aliphatic carbocycles. The van der Waals surface area contributed by atoms with Crippen LogP contribution in [0.2, 0.25) is 0 Å². The predicted molar refractivity (Wildman–Crippen MR) is 88.3 cm³/mol. The smallest absolute Gasteiger partial charge is 0.329 e. The van der Waals surface area contributed by atoms with E-state index in [0.29, 0.717) is 5.56 Å². The topological polar surface area (TPSA) is 121 Å². The minimum atomic E-state index is -5.95. The van der Waals surface area contributed by atoms with Crippen LogP contribution in [0.3, 0.4) is 0 Å². The van der Waals surface area contributed by atoms with Crippen LogP contribution in [0, 0.1) is 16.0 Å². The van der Waals surface area contributed by atoms with Gasteiger partial charge in [-0.25, -0.2) is 0 Å². The molecular weight excluding hydrogens is 396 g/mol. The van der Waals surface area contributed by atoms with Crippen molar-refractivity contribution in [3.8, 4) is 0 Å². The summed E-state index contributed by atoms with van der Waals surface area (Å²) < 4.78 is 75.7. The summed E-state index contributed by atoms with van der Waals surface area (Å²) in [6.45, 7) is 2.64. The first kappa shape index (κ1) is 20.1. The molecule has 1 aliphatic rings. The number of ether oxygens (including phenoxy) is 1. The van der Waals surface area contributed by atoms with E-state index in [1.165, 1.54) is 12.1 Å². The van der Waals surface area contributed by atoms with Gasteiger partial charge in [0.1, 0.15) is 6.10 Å². The van der Waals surface area contributed by atoms with Crippen LogP contribution in [0.4, 0.5) is 13.5 Å². The van der Waals surface area contributed by atoms with E-state index in [0.717, 1.165) is 30.4 Å². The van der Waals surface area contributed by atoms with E-state index in [1.54, 1.807) is 0 Å². The van der Waals surface area contributed by atoms with Crippen molar-refractivity contribution in [2.45, 2.75) is 10.2 Å². The monoisotopic (exact) mass is 409 g/mol. The average molecular weight is 409 g/mol. The Kier molecular flexibility index (Phi) is 5.31. The zero-order chi connectivity index (χ0) is 19.8. The standard InChI is InChI=1S/C14H13F2NO7S2/c1-2-11-9-24-13(14(11,25(15,20)21)26(16,22)23)8-5-10-3-6-12(7-4-10)17(18)19/h2-8,11,13H,1,9H2/b8-5+. The first-order chi connectivity index (χ1) is 11.9. The van der Waals surface area contributed by atoms with Crippen molar-refractivity contribution in [3.63, 3.8) is 0 Å². The third-order valence-corrected chi connectivity index (χ3v) is 7.77. The second-order valence-corrected chi connectivity index (χ2v) is 8.76. The van der Waals surface area contributed by atoms with Gasteiger partial charge in [-0.2, -0.15) is 16.8 Å². The Balaban J connectivity index is 2.50. The van der Waals surface area contributed by atoms with E-state index in [-0.39, 0.29) is 5.69 Å². The molecule has 2 atom stereocenters. The van der Waals surface area contributed by atoms with E-state index in [1.807, 2.05) is 0 Å². The molecule has 12 heteroatoms. The van der Waals surface area contributed by atoms with Gasteiger partial charge < -0.3 is 4.74 Å². The second kappa shape index (κ2) is 6.85. The maximum absolute atomic E-state index is 13.9. The van der Waals surface area contributed by atoms with Gasteiger partial charge in [0.15, 0.2) is 0 Å². The summed E-state index contributed by atoms with van der Waals surface area (Å²) in [5.41, 5.74) is 0.0840. The third-order valence-electron chi connectivity index (χ3n) is 3.98. The molecule has 1 aromatic rings. The lowest BCUT2D eigenvalue weighted by atomic mass is 10.0. The quantitative estimate of drug-likeness (QED) is 0.305. The van der Waals surface area contributed by atoms with Crippen molar-refractivity contribution in [1.29, 1.82) is 0 Å². The van der Waals surface area contributed by atoms with Crippen LogP contribution in [0.1, 0.15) is 5.56 Å². The van der Waals surface area contributed by atoms with Gasteiger partial charge in [-0.1, -0.05) is 18.2 Å². The van der Waals surface area contributed by atoms with Crippen LogP contribution in [-0.2, 0) is 25.2 Å². The fourth-order valence-electron chi connectivity index (χ4n) is 2.74. The van der Waals surface area contributed by atoms with Crippen molar-refractivity contribution >= 4 is 32.2 Å². The Morgan fingerprint density at radius 3 is 2.15 bits per heavy atom. The maximum atomic E-state index is 13.9. The average Bonchev–Trinajstić information content (AvgIpc) is 2.92. The first-order valence-electron chi connectivity index (χ1n) is 7.00. The number of nitro benzene ring substituents is 1. The molecule has 1 saturated heterocycles. The van der Waals surface area contributed by atoms with E-state index in [2.05, 4.69) is 6.58 Å². The SMILES string of the molecule is C=CC1COC(/C=C/c2ccc([N+](=O)[O-])cc2)C1(S(=O)(=O)F)S(=O)(=O)F. The summed E-state index contributed by atoms with van der Waals surface area (Å²) in [6.07, 6.45) is 0.836. The van der Waals surface area contributed by atoms with Crippen molar-refractivity contribution in [2.24, 2.45) is 5.92 Å². The summed E-state index contributed by atoms with van der Waals surface area (Å²) in [5.74, 6) is -1.67. The van der Waals surface area contributed by atoms with Crippen LogP contribution < -0.4 is 0 Å². The Morgan fingerprint density at radius 2 is 1.73 bits per heavy atom. The highest BCUT2D eigenvalue weighted by Crippen LogP contribution is 2.46. The first-order valence-corrected chi connectivity index (χ1v) is 9.77. The molecule has 0 spiro atoms. The number of nitro groups is 1. The minimum Gasteiger partial charge on any atom is -0.370 e. The van der Waals surface area contributed by atoms with Gasteiger partial charge in [-0.3, -0.25) is 10.1 Å². The van der Waals surface area contributed by atoms with Crippen LogP contribution in [0.5, 0.6) is 0 Å². The third kappa shape index (κ3) is 3.27. The van der Waals surface area contributed by atoms with Gasteiger partial charge in [-0.15, -0.1) is 14.4 Å². The summed E-state index contributed by atoms with van der Waals surface area (Å²) in [4.78, 5) is 9.96. The Labute approximate surface area is 148 Å². The number of rotatable bonds is 6. The number of hydrogen-bond donors (Lipinski definition) is 0. The Bertz CT molecular complexity index is 924. The van der Waals surface area contributed by atoms with Crippen LogP contribution in [0.25, 0.3) is 6.08 Å². The minimum absolute atomic E-state index is 0.210. The van der Waals surface area contributed by atoms with Gasteiger partial charge in [-0.05, 0) is 17.7 Å². The molecule has 1 aromatic carbocycles. The van der Waals surface area contributed by atoms with Crippen LogP contribution >= 0.6 is 0 Å². The maximum Gasteiger partial charge on any atom is 0.329 e. The molecule has 0 N–H and O–H groups in total. The fraction of sp³-hybridized carbons (Fsp3) is 0.286. The molecule has 2 rings (SSSR count). The van der Waals surface area contributed by atoms with E-state index < -0.39 is 48.1 Å². The summed E-state index contributed by atoms with van der Waals surface area (Å²) in [5, 5.41) is 10.6. The van der Waals surface area contributed by atoms with Crippen molar-refractivity contribution < 1.29 is 34.3 Å². The highest BCUT2D eigenvalue weighted by Gasteiger charge is 2.69. The Hall–Kier alpha value is -2.18. The predicted octanol–water partition coefficient (Wildman–Crippen LogP) is 2.10. The summed E-state index contributed by atoms with van der Waals surface area (Å²) in [7, 11) is -11.9. The summed E-state index contributed by atoms with van der Waals surface area (Å²) in [6, 6.07) is 4.85. The molecule has 8 nitrogen and oxygen atoms in total. The van der Waals surface area contributed by atoms with Crippen molar-refractivity contribution in [1.82, 2.24) is 0 Å². The molecule has 1 aliphatic heterocycles. The molecule has 0 aromatic heterocycles. The highest BCUT2D eigenvalue weighted by atomic mass is 32.3. The largest absolute Gasteiger partial charge is 0.370 e. The van der Waals surface area contributed by atoms with Gasteiger partial charge in [0.25, 0.3) is 9.77 Å².